The highest BCUT2D eigenvalue weighted by Crippen LogP contribution is 2.42. The number of thioether (sulfide) groups is 1. The van der Waals surface area contributed by atoms with E-state index in [1.54, 1.807) is 36.0 Å². The number of rotatable bonds is 8. The van der Waals surface area contributed by atoms with E-state index >= 15 is 0 Å². The molecule has 2 heterocycles. The summed E-state index contributed by atoms with van der Waals surface area (Å²) in [6.07, 6.45) is 4.33. The first-order valence-electron chi connectivity index (χ1n) is 10.2. The number of benzene rings is 2. The molecule has 2 aromatic carbocycles. The van der Waals surface area contributed by atoms with Gasteiger partial charge in [0.25, 0.3) is 0 Å². The number of aromatic amines is 1. The molecule has 0 saturated heterocycles. The molecule has 31 heavy (non-hydrogen) atoms. The van der Waals surface area contributed by atoms with Crippen LogP contribution in [0.15, 0.2) is 59.9 Å². The van der Waals surface area contributed by atoms with Gasteiger partial charge in [0.05, 0.1) is 19.3 Å². The van der Waals surface area contributed by atoms with Crippen molar-refractivity contribution in [2.75, 3.05) is 19.5 Å². The molecule has 1 N–H and O–H groups in total. The van der Waals surface area contributed by atoms with Crippen molar-refractivity contribution in [3.8, 4) is 17.1 Å². The third-order valence-electron chi connectivity index (χ3n) is 5.27. The van der Waals surface area contributed by atoms with Crippen LogP contribution >= 0.6 is 11.8 Å². The molecule has 1 saturated carbocycles. The van der Waals surface area contributed by atoms with Crippen LogP contribution in [0.2, 0.25) is 0 Å². The quantitative estimate of drug-likeness (QED) is 0.246. The molecule has 0 atom stereocenters. The zero-order valence-electron chi connectivity index (χ0n) is 17.1. The molecule has 158 valence electrons. The van der Waals surface area contributed by atoms with Crippen LogP contribution in [0.4, 0.5) is 0 Å². The van der Waals surface area contributed by atoms with Crippen molar-refractivity contribution in [1.29, 1.82) is 0 Å². The number of para-hydroxylation sites is 1. The predicted molar refractivity (Wildman–Crippen MR) is 120 cm³/mol. The monoisotopic (exact) mass is 434 g/mol. The average Bonchev–Trinajstić information content (AvgIpc) is 3.42. The van der Waals surface area contributed by atoms with E-state index in [0.717, 1.165) is 51.8 Å². The SMILES string of the molecule is COC(=O)c1ccc(OCCSc2nnc(-c3c[nH]c4ccccc34)n2C2CC2)cc1. The summed E-state index contributed by atoms with van der Waals surface area (Å²) in [6, 6.07) is 15.7. The van der Waals surface area contributed by atoms with Crippen molar-refractivity contribution >= 4 is 28.6 Å². The van der Waals surface area contributed by atoms with E-state index in [1.807, 2.05) is 18.3 Å². The Morgan fingerprint density at radius 2 is 1.97 bits per heavy atom. The van der Waals surface area contributed by atoms with Crippen LogP contribution in [0.5, 0.6) is 5.75 Å². The molecule has 5 rings (SSSR count). The van der Waals surface area contributed by atoms with Gasteiger partial charge in [-0.2, -0.15) is 0 Å². The fourth-order valence-electron chi connectivity index (χ4n) is 3.58. The van der Waals surface area contributed by atoms with Gasteiger partial charge in [0.1, 0.15) is 5.75 Å². The molecule has 0 bridgehead atoms. The summed E-state index contributed by atoms with van der Waals surface area (Å²) in [7, 11) is 1.37. The van der Waals surface area contributed by atoms with Gasteiger partial charge in [-0.25, -0.2) is 4.79 Å². The van der Waals surface area contributed by atoms with Crippen molar-refractivity contribution < 1.29 is 14.3 Å². The zero-order chi connectivity index (χ0) is 21.2. The number of esters is 1. The number of carbonyl (C=O) groups excluding carboxylic acids is 1. The fraction of sp³-hybridized carbons (Fsp3) is 0.261. The van der Waals surface area contributed by atoms with Gasteiger partial charge in [0, 0.05) is 34.5 Å². The first kappa shape index (κ1) is 19.7. The Bertz CT molecular complexity index is 1210. The van der Waals surface area contributed by atoms with E-state index in [9.17, 15) is 4.79 Å². The number of H-pyrrole nitrogens is 1. The number of nitrogens with zero attached hydrogens (tertiary/aromatic N) is 3. The highest BCUT2D eigenvalue weighted by atomic mass is 32.2. The Labute approximate surface area is 183 Å². The van der Waals surface area contributed by atoms with Gasteiger partial charge in [-0.3, -0.25) is 4.57 Å². The van der Waals surface area contributed by atoms with Crippen molar-refractivity contribution in [3.05, 3.63) is 60.3 Å². The minimum Gasteiger partial charge on any atom is -0.493 e. The molecular weight excluding hydrogens is 412 g/mol. The highest BCUT2D eigenvalue weighted by Gasteiger charge is 2.30. The Balaban J connectivity index is 1.26. The van der Waals surface area contributed by atoms with Crippen LogP contribution in [-0.4, -0.2) is 45.2 Å². The second-order valence-electron chi connectivity index (χ2n) is 7.37. The number of ether oxygens (including phenoxy) is 2. The summed E-state index contributed by atoms with van der Waals surface area (Å²) in [5, 5.41) is 11.1. The number of hydrogen-bond acceptors (Lipinski definition) is 6. The van der Waals surface area contributed by atoms with Crippen LogP contribution in [0.25, 0.3) is 22.3 Å². The van der Waals surface area contributed by atoms with E-state index in [4.69, 9.17) is 9.47 Å². The minimum atomic E-state index is -0.354. The maximum absolute atomic E-state index is 11.5. The number of fused-ring (bicyclic) bond motifs is 1. The van der Waals surface area contributed by atoms with E-state index < -0.39 is 0 Å². The average molecular weight is 435 g/mol. The normalized spacial score (nSPS) is 13.5. The Morgan fingerprint density at radius 1 is 1.16 bits per heavy atom. The van der Waals surface area contributed by atoms with Gasteiger partial charge in [-0.1, -0.05) is 30.0 Å². The lowest BCUT2D eigenvalue weighted by atomic mass is 10.1. The van der Waals surface area contributed by atoms with Crippen molar-refractivity contribution in [1.82, 2.24) is 19.7 Å². The molecule has 1 fully saturated rings. The molecule has 0 aliphatic heterocycles. The number of nitrogens with one attached hydrogen (secondary N) is 1. The second kappa shape index (κ2) is 8.47. The Kier molecular flexibility index (Phi) is 5.38. The molecule has 0 spiro atoms. The molecule has 2 aromatic heterocycles. The lowest BCUT2D eigenvalue weighted by Gasteiger charge is -2.09. The number of aromatic nitrogens is 4. The van der Waals surface area contributed by atoms with Crippen molar-refractivity contribution in [3.63, 3.8) is 0 Å². The smallest absolute Gasteiger partial charge is 0.337 e. The summed E-state index contributed by atoms with van der Waals surface area (Å²) in [5.41, 5.74) is 2.69. The summed E-state index contributed by atoms with van der Waals surface area (Å²) >= 11 is 1.65. The molecule has 7 nitrogen and oxygen atoms in total. The van der Waals surface area contributed by atoms with Gasteiger partial charge in [0.15, 0.2) is 11.0 Å². The third-order valence-corrected chi connectivity index (χ3v) is 6.17. The topological polar surface area (TPSA) is 82.0 Å². The number of carbonyl (C=O) groups is 1. The fourth-order valence-corrected chi connectivity index (χ4v) is 4.40. The van der Waals surface area contributed by atoms with Gasteiger partial charge >= 0.3 is 5.97 Å². The number of hydrogen-bond donors (Lipinski definition) is 1. The molecular formula is C23H22N4O3S. The van der Waals surface area contributed by atoms with Crippen LogP contribution in [0.3, 0.4) is 0 Å². The van der Waals surface area contributed by atoms with Crippen LogP contribution in [0, 0.1) is 0 Å². The molecule has 0 radical (unpaired) electrons. The first-order chi connectivity index (χ1) is 15.2. The van der Waals surface area contributed by atoms with Gasteiger partial charge in [0.2, 0.25) is 0 Å². The highest BCUT2D eigenvalue weighted by molar-refractivity contribution is 7.99. The van der Waals surface area contributed by atoms with E-state index in [2.05, 4.69) is 31.9 Å². The predicted octanol–water partition coefficient (Wildman–Crippen LogP) is 4.72. The molecule has 0 unspecified atom stereocenters. The molecule has 4 aromatic rings. The molecule has 1 aliphatic carbocycles. The standard InChI is InChI=1S/C23H22N4O3S/c1-29-22(28)15-6-10-17(11-7-15)30-12-13-31-23-26-25-21(27(23)16-8-9-16)19-14-24-20-5-3-2-4-18(19)20/h2-7,10-11,14,16,24H,8-9,12-13H2,1H3. The van der Waals surface area contributed by atoms with E-state index in [-0.39, 0.29) is 5.97 Å². The lowest BCUT2D eigenvalue weighted by Crippen LogP contribution is -2.04. The maximum atomic E-state index is 11.5. The molecule has 0 amide bonds. The zero-order valence-corrected chi connectivity index (χ0v) is 17.9. The number of methoxy groups -OCH3 is 1. The van der Waals surface area contributed by atoms with Crippen molar-refractivity contribution in [2.24, 2.45) is 0 Å². The van der Waals surface area contributed by atoms with Crippen LogP contribution in [-0.2, 0) is 4.74 Å². The minimum absolute atomic E-state index is 0.354. The van der Waals surface area contributed by atoms with Gasteiger partial charge < -0.3 is 14.5 Å². The summed E-state index contributed by atoms with van der Waals surface area (Å²) < 4.78 is 12.8. The molecule has 1 aliphatic rings. The third kappa shape index (κ3) is 4.03. The molecule has 8 heteroatoms. The Hall–Kier alpha value is -3.26. The summed E-state index contributed by atoms with van der Waals surface area (Å²) in [5.74, 6) is 2.03. The van der Waals surface area contributed by atoms with E-state index in [0.29, 0.717) is 18.2 Å². The lowest BCUT2D eigenvalue weighted by molar-refractivity contribution is 0.0600. The summed E-state index contributed by atoms with van der Waals surface area (Å²) in [6.45, 7) is 0.530. The van der Waals surface area contributed by atoms with E-state index in [1.165, 1.54) is 7.11 Å². The van der Waals surface area contributed by atoms with Crippen molar-refractivity contribution in [2.45, 2.75) is 24.0 Å². The van der Waals surface area contributed by atoms with Crippen LogP contribution < -0.4 is 4.74 Å². The largest absolute Gasteiger partial charge is 0.493 e. The summed E-state index contributed by atoms with van der Waals surface area (Å²) in [4.78, 5) is 14.8. The Morgan fingerprint density at radius 3 is 2.74 bits per heavy atom. The first-order valence-corrected chi connectivity index (χ1v) is 11.2. The van der Waals surface area contributed by atoms with Crippen LogP contribution in [0.1, 0.15) is 29.2 Å². The second-order valence-corrected chi connectivity index (χ2v) is 8.43. The van der Waals surface area contributed by atoms with Gasteiger partial charge in [-0.05, 0) is 43.2 Å². The maximum Gasteiger partial charge on any atom is 0.337 e. The van der Waals surface area contributed by atoms with Gasteiger partial charge in [-0.15, -0.1) is 10.2 Å².